The fourth-order valence-corrected chi connectivity index (χ4v) is 4.11. The molecule has 0 bridgehead atoms. The Morgan fingerprint density at radius 1 is 0.769 bits per heavy atom. The molecule has 1 N–H and O–H groups in total. The van der Waals surface area contributed by atoms with Gasteiger partial charge >= 0.3 is 11.4 Å². The molecular weight excluding hydrogens is 510 g/mol. The van der Waals surface area contributed by atoms with Gasteiger partial charge in [0.2, 0.25) is 5.69 Å². The van der Waals surface area contributed by atoms with Crippen LogP contribution in [0.4, 0.5) is 28.4 Å². The number of hydrogen-bond donors (Lipinski definition) is 1. The van der Waals surface area contributed by atoms with Crippen LogP contribution in [0.2, 0.25) is 0 Å². The second-order valence-electron chi connectivity index (χ2n) is 8.92. The molecule has 0 fully saturated rings. The van der Waals surface area contributed by atoms with Gasteiger partial charge in [0.25, 0.3) is 5.69 Å². The summed E-state index contributed by atoms with van der Waals surface area (Å²) in [4.78, 5) is 31.3. The van der Waals surface area contributed by atoms with Crippen molar-refractivity contribution in [1.82, 2.24) is 0 Å². The van der Waals surface area contributed by atoms with Crippen molar-refractivity contribution in [3.8, 4) is 11.5 Å². The van der Waals surface area contributed by atoms with Crippen molar-refractivity contribution in [2.24, 2.45) is 10.2 Å². The van der Waals surface area contributed by atoms with Crippen LogP contribution in [0.15, 0.2) is 52.7 Å². The zero-order valence-electron chi connectivity index (χ0n) is 21.4. The maximum atomic E-state index is 11.6. The van der Waals surface area contributed by atoms with Crippen LogP contribution in [-0.4, -0.2) is 26.5 Å². The third kappa shape index (κ3) is 7.43. The van der Waals surface area contributed by atoms with Gasteiger partial charge in [-0.25, -0.2) is 0 Å². The van der Waals surface area contributed by atoms with Crippen molar-refractivity contribution in [3.63, 3.8) is 0 Å². The lowest BCUT2D eigenvalue weighted by Crippen LogP contribution is -1.98. The monoisotopic (exact) mass is 539 g/mol. The van der Waals surface area contributed by atoms with Crippen molar-refractivity contribution in [2.45, 2.75) is 58.3 Å². The number of fused-ring (bicyclic) bond motifs is 1. The highest BCUT2D eigenvalue weighted by Crippen LogP contribution is 2.44. The number of phenols is 1. The Balaban J connectivity index is 1.89. The molecule has 0 unspecified atom stereocenters. The van der Waals surface area contributed by atoms with Crippen LogP contribution in [0.5, 0.6) is 11.5 Å². The highest BCUT2D eigenvalue weighted by molar-refractivity contribution is 5.98. The largest absolute Gasteiger partial charge is 0.504 e. The maximum absolute atomic E-state index is 11.6. The molecule has 0 aliphatic heterocycles. The molecule has 39 heavy (non-hydrogen) atoms. The van der Waals surface area contributed by atoms with E-state index in [1.165, 1.54) is 31.7 Å². The fraction of sp³-hybridized carbons (Fsp3) is 0.385. The Morgan fingerprint density at radius 3 is 1.90 bits per heavy atom. The van der Waals surface area contributed by atoms with E-state index >= 15 is 0 Å². The van der Waals surface area contributed by atoms with Crippen molar-refractivity contribution in [2.75, 3.05) is 6.61 Å². The Morgan fingerprint density at radius 2 is 1.33 bits per heavy atom. The molecule has 0 aliphatic rings. The first kappa shape index (κ1) is 28.9. The number of nitro groups is 3. The van der Waals surface area contributed by atoms with Gasteiger partial charge in [-0.3, -0.25) is 30.3 Å². The average Bonchev–Trinajstić information content (AvgIpc) is 2.92. The first-order valence-electron chi connectivity index (χ1n) is 12.6. The summed E-state index contributed by atoms with van der Waals surface area (Å²) >= 11 is 0. The number of azo groups is 1. The number of phenolic OH excluding ortho intramolecular Hbond substituents is 1. The molecule has 3 rings (SSSR count). The molecule has 13 heteroatoms. The van der Waals surface area contributed by atoms with Crippen molar-refractivity contribution in [3.05, 3.63) is 72.8 Å². The van der Waals surface area contributed by atoms with Gasteiger partial charge in [-0.1, -0.05) is 76.1 Å². The quantitative estimate of drug-likeness (QED) is 0.0866. The van der Waals surface area contributed by atoms with Gasteiger partial charge < -0.3 is 9.84 Å². The van der Waals surface area contributed by atoms with Crippen LogP contribution in [-0.2, 0) is 0 Å². The number of aromatic hydroxyl groups is 1. The smallest absolute Gasteiger partial charge is 0.310 e. The van der Waals surface area contributed by atoms with Gasteiger partial charge in [-0.2, -0.15) is 0 Å². The standard InChI is InChI=1S/C26H29N5O8/c1-2-3-4-5-6-7-8-11-14-39-24-17-21(19-12-9-10-13-20(19)26(24)32)27-28-25-22(30(35)36)15-18(29(33)34)16-23(25)31(37)38/h9-10,12-13,15-17,32H,2-8,11,14H2,1H3/b28-27+. The molecule has 206 valence electrons. The molecule has 0 aromatic heterocycles. The summed E-state index contributed by atoms with van der Waals surface area (Å²) in [5, 5.41) is 53.6. The van der Waals surface area contributed by atoms with E-state index in [-0.39, 0.29) is 17.2 Å². The van der Waals surface area contributed by atoms with Crippen LogP contribution in [0, 0.1) is 30.3 Å². The Labute approximate surface area is 223 Å². The highest BCUT2D eigenvalue weighted by Gasteiger charge is 2.31. The fourth-order valence-electron chi connectivity index (χ4n) is 4.11. The summed E-state index contributed by atoms with van der Waals surface area (Å²) in [7, 11) is 0. The predicted octanol–water partition coefficient (Wildman–Crippen LogP) is 8.20. The molecule has 0 amide bonds. The maximum Gasteiger partial charge on any atom is 0.310 e. The molecule has 0 saturated carbocycles. The minimum absolute atomic E-state index is 0.114. The number of nitro benzene ring substituents is 3. The molecule has 0 atom stereocenters. The van der Waals surface area contributed by atoms with Crippen LogP contribution < -0.4 is 4.74 Å². The summed E-state index contributed by atoms with van der Waals surface area (Å²) in [5.74, 6) is 0.00899. The van der Waals surface area contributed by atoms with Gasteiger partial charge in [0.1, 0.15) is 0 Å². The van der Waals surface area contributed by atoms with Gasteiger partial charge in [0.15, 0.2) is 11.5 Å². The first-order valence-corrected chi connectivity index (χ1v) is 12.6. The van der Waals surface area contributed by atoms with Gasteiger partial charge in [0.05, 0.1) is 39.2 Å². The summed E-state index contributed by atoms with van der Waals surface area (Å²) in [6.07, 6.45) is 8.89. The van der Waals surface area contributed by atoms with E-state index in [0.29, 0.717) is 29.5 Å². The van der Waals surface area contributed by atoms with Crippen LogP contribution in [0.1, 0.15) is 58.3 Å². The topological polar surface area (TPSA) is 184 Å². The Kier molecular flexibility index (Phi) is 10.2. The zero-order chi connectivity index (χ0) is 28.4. The van der Waals surface area contributed by atoms with E-state index in [9.17, 15) is 35.4 Å². The van der Waals surface area contributed by atoms with Crippen LogP contribution >= 0.6 is 0 Å². The molecule has 0 heterocycles. The molecule has 3 aromatic rings. The lowest BCUT2D eigenvalue weighted by molar-refractivity contribution is -0.402. The van der Waals surface area contributed by atoms with E-state index < -0.39 is 37.5 Å². The first-order chi connectivity index (χ1) is 18.7. The lowest BCUT2D eigenvalue weighted by Gasteiger charge is -2.12. The number of hydrogen-bond acceptors (Lipinski definition) is 10. The summed E-state index contributed by atoms with van der Waals surface area (Å²) in [6.45, 7) is 2.52. The number of ether oxygens (including phenoxy) is 1. The lowest BCUT2D eigenvalue weighted by atomic mass is 10.1. The third-order valence-corrected chi connectivity index (χ3v) is 6.13. The van der Waals surface area contributed by atoms with E-state index in [1.807, 2.05) is 0 Å². The van der Waals surface area contributed by atoms with Crippen molar-refractivity contribution < 1.29 is 24.6 Å². The third-order valence-electron chi connectivity index (χ3n) is 6.13. The molecule has 0 radical (unpaired) electrons. The van der Waals surface area contributed by atoms with Gasteiger partial charge in [-0.05, 0) is 6.42 Å². The van der Waals surface area contributed by atoms with Gasteiger partial charge in [0, 0.05) is 16.8 Å². The summed E-state index contributed by atoms with van der Waals surface area (Å²) in [5.41, 5.74) is -3.30. The average molecular weight is 540 g/mol. The molecular formula is C26H29N5O8. The van der Waals surface area contributed by atoms with E-state index in [0.717, 1.165) is 25.7 Å². The molecule has 0 saturated heterocycles. The highest BCUT2D eigenvalue weighted by atomic mass is 16.6. The van der Waals surface area contributed by atoms with Gasteiger partial charge in [-0.15, -0.1) is 10.2 Å². The summed E-state index contributed by atoms with van der Waals surface area (Å²) in [6, 6.07) is 9.21. The minimum atomic E-state index is -0.998. The second-order valence-corrected chi connectivity index (χ2v) is 8.92. The normalized spacial score (nSPS) is 11.2. The molecule has 0 aliphatic carbocycles. The number of unbranched alkanes of at least 4 members (excludes halogenated alkanes) is 7. The number of rotatable bonds is 15. The Hall–Kier alpha value is -4.68. The molecule has 0 spiro atoms. The van der Waals surface area contributed by atoms with E-state index in [1.54, 1.807) is 24.3 Å². The number of non-ortho nitro benzene ring substituents is 1. The Bertz CT molecular complexity index is 1360. The van der Waals surface area contributed by atoms with Crippen LogP contribution in [0.3, 0.4) is 0 Å². The number of benzene rings is 3. The summed E-state index contributed by atoms with van der Waals surface area (Å²) < 4.78 is 5.81. The minimum Gasteiger partial charge on any atom is -0.504 e. The van der Waals surface area contributed by atoms with Crippen LogP contribution in [0.25, 0.3) is 10.8 Å². The number of nitrogens with zero attached hydrogens (tertiary/aromatic N) is 5. The zero-order valence-corrected chi connectivity index (χ0v) is 21.4. The van der Waals surface area contributed by atoms with E-state index in [4.69, 9.17) is 4.74 Å². The van der Waals surface area contributed by atoms with E-state index in [2.05, 4.69) is 17.2 Å². The predicted molar refractivity (Wildman–Crippen MR) is 144 cm³/mol. The second kappa shape index (κ2) is 13.7. The molecule has 3 aromatic carbocycles. The molecule has 13 nitrogen and oxygen atoms in total. The van der Waals surface area contributed by atoms with Crippen molar-refractivity contribution >= 4 is 39.2 Å². The van der Waals surface area contributed by atoms with Crippen molar-refractivity contribution in [1.29, 1.82) is 0 Å². The SMILES string of the molecule is CCCCCCCCCCOc1cc(/N=N/c2c([N+](=O)[O-])cc([N+](=O)[O-])cc2[N+](=O)[O-])c2ccccc2c1O.